The Hall–Kier alpha value is -0.250. The van der Waals surface area contributed by atoms with Crippen LogP contribution in [0, 0.1) is 5.92 Å². The lowest BCUT2D eigenvalue weighted by Gasteiger charge is -2.29. The van der Waals surface area contributed by atoms with Crippen LogP contribution < -0.4 is 0 Å². The average molecular weight is 257 g/mol. The van der Waals surface area contributed by atoms with Crippen LogP contribution in [0.1, 0.15) is 12.8 Å². The van der Waals surface area contributed by atoms with Crippen LogP contribution in [-0.4, -0.2) is 35.8 Å². The van der Waals surface area contributed by atoms with Crippen LogP contribution in [0.15, 0.2) is 23.2 Å². The maximum atomic E-state index is 5.86. The molecule has 1 fully saturated rings. The molecule has 1 aromatic heterocycles. The smallest absolute Gasteiger partial charge is 0.130 e. The lowest BCUT2D eigenvalue weighted by atomic mass is 10.0. The van der Waals surface area contributed by atoms with E-state index in [2.05, 4.69) is 16.9 Å². The van der Waals surface area contributed by atoms with E-state index in [4.69, 9.17) is 11.6 Å². The van der Waals surface area contributed by atoms with Gasteiger partial charge in [-0.05, 0) is 44.5 Å². The van der Waals surface area contributed by atoms with E-state index in [-0.39, 0.29) is 0 Å². The van der Waals surface area contributed by atoms with E-state index in [1.807, 2.05) is 30.0 Å². The Balaban J connectivity index is 1.82. The molecule has 1 aliphatic rings. The molecule has 2 rings (SSSR count). The maximum absolute atomic E-state index is 5.86. The SMILES string of the molecule is CN1CCC[C@@H](CSc2cccc(Cl)n2)C1. The van der Waals surface area contributed by atoms with Gasteiger partial charge in [-0.1, -0.05) is 17.7 Å². The Morgan fingerprint density at radius 3 is 3.19 bits per heavy atom. The van der Waals surface area contributed by atoms with Crippen molar-refractivity contribution in [3.63, 3.8) is 0 Å². The largest absolute Gasteiger partial charge is 0.306 e. The molecule has 0 saturated carbocycles. The molecule has 2 heterocycles. The third-order valence-corrected chi connectivity index (χ3v) is 4.25. The molecule has 0 spiro atoms. The highest BCUT2D eigenvalue weighted by Crippen LogP contribution is 2.24. The number of hydrogen-bond donors (Lipinski definition) is 0. The predicted octanol–water partition coefficient (Wildman–Crippen LogP) is 3.17. The minimum atomic E-state index is 0.589. The van der Waals surface area contributed by atoms with Crippen molar-refractivity contribution in [1.82, 2.24) is 9.88 Å². The van der Waals surface area contributed by atoms with Crippen molar-refractivity contribution in [2.45, 2.75) is 17.9 Å². The molecule has 1 aromatic rings. The Labute approximate surface area is 106 Å². The number of nitrogens with zero attached hydrogens (tertiary/aromatic N) is 2. The fourth-order valence-electron chi connectivity index (χ4n) is 2.08. The maximum Gasteiger partial charge on any atom is 0.130 e. The van der Waals surface area contributed by atoms with E-state index in [0.29, 0.717) is 5.15 Å². The van der Waals surface area contributed by atoms with Gasteiger partial charge >= 0.3 is 0 Å². The van der Waals surface area contributed by atoms with Crippen molar-refractivity contribution in [2.75, 3.05) is 25.9 Å². The minimum absolute atomic E-state index is 0.589. The zero-order chi connectivity index (χ0) is 11.4. The van der Waals surface area contributed by atoms with Crippen LogP contribution in [0.4, 0.5) is 0 Å². The molecule has 88 valence electrons. The molecule has 0 aliphatic carbocycles. The molecule has 0 N–H and O–H groups in total. The van der Waals surface area contributed by atoms with Crippen LogP contribution in [0.5, 0.6) is 0 Å². The Bertz CT molecular complexity index is 346. The van der Waals surface area contributed by atoms with E-state index in [9.17, 15) is 0 Å². The van der Waals surface area contributed by atoms with Gasteiger partial charge in [0.25, 0.3) is 0 Å². The molecule has 4 heteroatoms. The summed E-state index contributed by atoms with van der Waals surface area (Å²) in [6.45, 7) is 2.46. The van der Waals surface area contributed by atoms with Gasteiger partial charge in [0, 0.05) is 12.3 Å². The summed E-state index contributed by atoms with van der Waals surface area (Å²) in [5, 5.41) is 1.63. The van der Waals surface area contributed by atoms with Gasteiger partial charge in [-0.2, -0.15) is 0 Å². The standard InChI is InChI=1S/C12H17ClN2S/c1-15-7-3-4-10(8-15)9-16-12-6-2-5-11(13)14-12/h2,5-6,10H,3-4,7-9H2,1H3/t10-/m1/s1. The second kappa shape index (κ2) is 5.89. The molecule has 1 saturated heterocycles. The highest BCUT2D eigenvalue weighted by atomic mass is 35.5. The van der Waals surface area contributed by atoms with Crippen molar-refractivity contribution in [3.05, 3.63) is 23.4 Å². The van der Waals surface area contributed by atoms with Gasteiger partial charge in [0.05, 0.1) is 5.03 Å². The first-order chi connectivity index (χ1) is 7.74. The second-order valence-corrected chi connectivity index (χ2v) is 5.81. The number of likely N-dealkylation sites (tertiary alicyclic amines) is 1. The molecule has 1 atom stereocenters. The van der Waals surface area contributed by atoms with E-state index >= 15 is 0 Å². The quantitative estimate of drug-likeness (QED) is 0.611. The summed E-state index contributed by atoms with van der Waals surface area (Å²) in [5.41, 5.74) is 0. The molecular weight excluding hydrogens is 240 g/mol. The molecular formula is C12H17ClN2S. The molecule has 0 amide bonds. The Kier molecular flexibility index (Phi) is 4.50. The monoisotopic (exact) mass is 256 g/mol. The molecule has 2 nitrogen and oxygen atoms in total. The van der Waals surface area contributed by atoms with Gasteiger partial charge in [0.15, 0.2) is 0 Å². The number of halogens is 1. The van der Waals surface area contributed by atoms with Crippen LogP contribution in [0.3, 0.4) is 0 Å². The van der Waals surface area contributed by atoms with Crippen LogP contribution >= 0.6 is 23.4 Å². The summed E-state index contributed by atoms with van der Waals surface area (Å²) >= 11 is 7.68. The van der Waals surface area contributed by atoms with Crippen molar-refractivity contribution in [2.24, 2.45) is 5.92 Å². The highest BCUT2D eigenvalue weighted by molar-refractivity contribution is 7.99. The average Bonchev–Trinajstić information content (AvgIpc) is 2.27. The molecule has 0 unspecified atom stereocenters. The molecule has 1 aliphatic heterocycles. The first-order valence-corrected chi connectivity index (χ1v) is 7.04. The van der Waals surface area contributed by atoms with Gasteiger partial charge in [0.2, 0.25) is 0 Å². The number of piperidine rings is 1. The van der Waals surface area contributed by atoms with Crippen LogP contribution in [0.2, 0.25) is 5.15 Å². The summed E-state index contributed by atoms with van der Waals surface area (Å²) in [7, 11) is 2.20. The lowest BCUT2D eigenvalue weighted by molar-refractivity contribution is 0.224. The summed E-state index contributed by atoms with van der Waals surface area (Å²) in [4.78, 5) is 6.71. The fraction of sp³-hybridized carbons (Fsp3) is 0.583. The number of pyridine rings is 1. The number of hydrogen-bond acceptors (Lipinski definition) is 3. The second-order valence-electron chi connectivity index (χ2n) is 4.38. The van der Waals surface area contributed by atoms with E-state index in [0.717, 1.165) is 16.7 Å². The summed E-state index contributed by atoms with van der Waals surface area (Å²) in [6, 6.07) is 5.81. The van der Waals surface area contributed by atoms with Crippen molar-refractivity contribution in [3.8, 4) is 0 Å². The normalized spacial score (nSPS) is 22.2. The van der Waals surface area contributed by atoms with Gasteiger partial charge in [-0.3, -0.25) is 0 Å². The fourth-order valence-corrected chi connectivity index (χ4v) is 3.31. The predicted molar refractivity (Wildman–Crippen MR) is 70.2 cm³/mol. The van der Waals surface area contributed by atoms with Crippen molar-refractivity contribution < 1.29 is 0 Å². The molecule has 0 bridgehead atoms. The summed E-state index contributed by atoms with van der Waals surface area (Å²) < 4.78 is 0. The number of aromatic nitrogens is 1. The first kappa shape index (κ1) is 12.2. The number of rotatable bonds is 3. The molecule has 16 heavy (non-hydrogen) atoms. The molecule has 0 radical (unpaired) electrons. The van der Waals surface area contributed by atoms with E-state index in [1.165, 1.54) is 25.9 Å². The van der Waals surface area contributed by atoms with Crippen LogP contribution in [0.25, 0.3) is 0 Å². The zero-order valence-electron chi connectivity index (χ0n) is 9.53. The lowest BCUT2D eigenvalue weighted by Crippen LogP contribution is -2.33. The third-order valence-electron chi connectivity index (χ3n) is 2.88. The summed E-state index contributed by atoms with van der Waals surface area (Å²) in [5.74, 6) is 1.95. The van der Waals surface area contributed by atoms with Crippen molar-refractivity contribution >= 4 is 23.4 Å². The van der Waals surface area contributed by atoms with Gasteiger partial charge in [-0.15, -0.1) is 11.8 Å². The van der Waals surface area contributed by atoms with Gasteiger partial charge in [0.1, 0.15) is 5.15 Å². The summed E-state index contributed by atoms with van der Waals surface area (Å²) in [6.07, 6.45) is 2.67. The van der Waals surface area contributed by atoms with Gasteiger partial charge in [-0.25, -0.2) is 4.98 Å². The van der Waals surface area contributed by atoms with Crippen molar-refractivity contribution in [1.29, 1.82) is 0 Å². The molecule has 0 aromatic carbocycles. The van der Waals surface area contributed by atoms with E-state index < -0.39 is 0 Å². The zero-order valence-corrected chi connectivity index (χ0v) is 11.1. The topological polar surface area (TPSA) is 16.1 Å². The van der Waals surface area contributed by atoms with Crippen LogP contribution in [-0.2, 0) is 0 Å². The number of thioether (sulfide) groups is 1. The minimum Gasteiger partial charge on any atom is -0.306 e. The Morgan fingerprint density at radius 2 is 2.44 bits per heavy atom. The Morgan fingerprint density at radius 1 is 1.56 bits per heavy atom. The first-order valence-electron chi connectivity index (χ1n) is 5.68. The van der Waals surface area contributed by atoms with Gasteiger partial charge < -0.3 is 4.90 Å². The third kappa shape index (κ3) is 3.65. The van der Waals surface area contributed by atoms with E-state index in [1.54, 1.807) is 0 Å². The highest BCUT2D eigenvalue weighted by Gasteiger charge is 2.17.